The van der Waals surface area contributed by atoms with Crippen LogP contribution in [-0.2, 0) is 5.41 Å². The van der Waals surface area contributed by atoms with Gasteiger partial charge in [-0.2, -0.15) is 0 Å². The molecule has 10 aromatic carbocycles. The van der Waals surface area contributed by atoms with Crippen LogP contribution in [0.1, 0.15) is 25.0 Å². The SMILES string of the molecule is CC1(C)c2ccccc2-c2ccc(-c3cc4c(-c5cccc6ccccc56)ccc5ccc6c(-c7cccc8ccccc78)ccc3c6c54)cc21. The molecule has 238 valence electrons. The lowest BCUT2D eigenvalue weighted by Gasteiger charge is -2.23. The fourth-order valence-corrected chi connectivity index (χ4v) is 9.39. The van der Waals surface area contributed by atoms with Crippen molar-refractivity contribution in [3.8, 4) is 44.5 Å². The standard InChI is InChI=1S/C51H34/c1-51(2)47-20-8-7-17-41(47)42-25-23-34(29-48(42)51)45-30-46-40(38-19-10-14-32-12-4-6-16-36(32)38)24-21-33-22-26-43-39(27-28-44(45)50(43)49(33)46)37-18-9-13-31-11-3-5-15-35(31)37/h3-30H,1-2H3. The Bertz CT molecular complexity index is 3040. The van der Waals surface area contributed by atoms with E-state index in [1.807, 2.05) is 0 Å². The Kier molecular flexibility index (Phi) is 5.82. The average Bonchev–Trinajstić information content (AvgIpc) is 3.41. The predicted molar refractivity (Wildman–Crippen MR) is 219 cm³/mol. The third-order valence-corrected chi connectivity index (χ3v) is 11.8. The second kappa shape index (κ2) is 10.4. The monoisotopic (exact) mass is 646 g/mol. The summed E-state index contributed by atoms with van der Waals surface area (Å²) in [5.74, 6) is 0. The number of hydrogen-bond donors (Lipinski definition) is 0. The van der Waals surface area contributed by atoms with Gasteiger partial charge in [-0.3, -0.25) is 0 Å². The lowest BCUT2D eigenvalue weighted by Crippen LogP contribution is -2.14. The van der Waals surface area contributed by atoms with E-state index in [0.29, 0.717) is 0 Å². The molecular formula is C51H34. The van der Waals surface area contributed by atoms with Crippen molar-refractivity contribution in [2.75, 3.05) is 0 Å². The molecule has 0 saturated heterocycles. The van der Waals surface area contributed by atoms with Crippen LogP contribution in [0.15, 0.2) is 170 Å². The summed E-state index contributed by atoms with van der Waals surface area (Å²) in [6.45, 7) is 4.76. The highest BCUT2D eigenvalue weighted by atomic mass is 14.4. The molecule has 0 aromatic heterocycles. The van der Waals surface area contributed by atoms with Crippen molar-refractivity contribution >= 4 is 53.9 Å². The van der Waals surface area contributed by atoms with Gasteiger partial charge in [-0.15, -0.1) is 0 Å². The van der Waals surface area contributed by atoms with E-state index < -0.39 is 0 Å². The maximum Gasteiger partial charge on any atom is 0.0159 e. The molecule has 0 heteroatoms. The minimum Gasteiger partial charge on any atom is -0.0619 e. The summed E-state index contributed by atoms with van der Waals surface area (Å²) in [4.78, 5) is 0. The Balaban J connectivity index is 1.27. The molecule has 51 heavy (non-hydrogen) atoms. The average molecular weight is 647 g/mol. The van der Waals surface area contributed by atoms with Gasteiger partial charge >= 0.3 is 0 Å². The largest absolute Gasteiger partial charge is 0.0619 e. The molecule has 0 atom stereocenters. The quantitative estimate of drug-likeness (QED) is 0.168. The van der Waals surface area contributed by atoms with Crippen LogP contribution >= 0.6 is 0 Å². The van der Waals surface area contributed by atoms with Crippen LogP contribution in [0.5, 0.6) is 0 Å². The zero-order valence-electron chi connectivity index (χ0n) is 28.7. The maximum atomic E-state index is 2.50. The van der Waals surface area contributed by atoms with E-state index in [0.717, 1.165) is 0 Å². The Morgan fingerprint density at radius 1 is 0.294 bits per heavy atom. The molecule has 0 saturated carbocycles. The molecule has 1 aliphatic carbocycles. The van der Waals surface area contributed by atoms with Crippen LogP contribution in [0.2, 0.25) is 0 Å². The highest BCUT2D eigenvalue weighted by molar-refractivity contribution is 6.31. The molecule has 0 bridgehead atoms. The van der Waals surface area contributed by atoms with E-state index in [1.54, 1.807) is 0 Å². The molecule has 0 spiro atoms. The molecule has 10 aromatic rings. The van der Waals surface area contributed by atoms with Crippen molar-refractivity contribution in [3.05, 3.63) is 181 Å². The first kappa shape index (κ1) is 28.6. The summed E-state index contributed by atoms with van der Waals surface area (Å²) in [6, 6.07) is 63.8. The summed E-state index contributed by atoms with van der Waals surface area (Å²) in [5, 5.41) is 13.0. The Morgan fingerprint density at radius 2 is 0.804 bits per heavy atom. The zero-order valence-corrected chi connectivity index (χ0v) is 28.7. The molecule has 0 radical (unpaired) electrons. The highest BCUT2D eigenvalue weighted by Crippen LogP contribution is 2.52. The predicted octanol–water partition coefficient (Wildman–Crippen LogP) is 14.2. The minimum absolute atomic E-state index is 0.0727. The van der Waals surface area contributed by atoms with Crippen molar-refractivity contribution in [1.29, 1.82) is 0 Å². The summed E-state index contributed by atoms with van der Waals surface area (Å²) in [7, 11) is 0. The van der Waals surface area contributed by atoms with Gasteiger partial charge in [-0.25, -0.2) is 0 Å². The van der Waals surface area contributed by atoms with Crippen LogP contribution in [0.4, 0.5) is 0 Å². The van der Waals surface area contributed by atoms with Crippen molar-refractivity contribution in [3.63, 3.8) is 0 Å². The number of hydrogen-bond acceptors (Lipinski definition) is 0. The molecule has 0 nitrogen and oxygen atoms in total. The molecule has 0 aliphatic heterocycles. The summed E-state index contributed by atoms with van der Waals surface area (Å²) >= 11 is 0. The van der Waals surface area contributed by atoms with E-state index in [1.165, 1.54) is 109 Å². The molecule has 0 heterocycles. The molecule has 0 amide bonds. The van der Waals surface area contributed by atoms with Gasteiger partial charge in [0, 0.05) is 5.41 Å². The summed E-state index contributed by atoms with van der Waals surface area (Å²) in [6.07, 6.45) is 0. The van der Waals surface area contributed by atoms with Crippen molar-refractivity contribution in [2.45, 2.75) is 19.3 Å². The Labute approximate surface area is 297 Å². The number of benzene rings is 10. The van der Waals surface area contributed by atoms with Gasteiger partial charge in [0.05, 0.1) is 0 Å². The number of rotatable bonds is 3. The van der Waals surface area contributed by atoms with E-state index >= 15 is 0 Å². The van der Waals surface area contributed by atoms with E-state index in [4.69, 9.17) is 0 Å². The van der Waals surface area contributed by atoms with Gasteiger partial charge in [-0.1, -0.05) is 172 Å². The van der Waals surface area contributed by atoms with Crippen molar-refractivity contribution < 1.29 is 0 Å². The van der Waals surface area contributed by atoms with Gasteiger partial charge in [0.1, 0.15) is 0 Å². The van der Waals surface area contributed by atoms with Gasteiger partial charge in [-0.05, 0) is 122 Å². The fourth-order valence-electron chi connectivity index (χ4n) is 9.39. The van der Waals surface area contributed by atoms with Gasteiger partial charge in [0.25, 0.3) is 0 Å². The van der Waals surface area contributed by atoms with Crippen LogP contribution in [-0.4, -0.2) is 0 Å². The van der Waals surface area contributed by atoms with Crippen LogP contribution in [0, 0.1) is 0 Å². The van der Waals surface area contributed by atoms with E-state index in [9.17, 15) is 0 Å². The Hall–Kier alpha value is -6.24. The van der Waals surface area contributed by atoms with Gasteiger partial charge in [0.2, 0.25) is 0 Å². The van der Waals surface area contributed by atoms with E-state index in [-0.39, 0.29) is 5.41 Å². The lowest BCUT2D eigenvalue weighted by atomic mass is 9.80. The van der Waals surface area contributed by atoms with E-state index in [2.05, 4.69) is 184 Å². The fraction of sp³-hybridized carbons (Fsp3) is 0.0588. The van der Waals surface area contributed by atoms with Gasteiger partial charge < -0.3 is 0 Å². The molecular weight excluding hydrogens is 613 g/mol. The molecule has 0 fully saturated rings. The van der Waals surface area contributed by atoms with Crippen LogP contribution < -0.4 is 0 Å². The second-order valence-electron chi connectivity index (χ2n) is 14.8. The first-order valence-electron chi connectivity index (χ1n) is 18.0. The van der Waals surface area contributed by atoms with Crippen LogP contribution in [0.25, 0.3) is 98.4 Å². The molecule has 0 unspecified atom stereocenters. The first-order chi connectivity index (χ1) is 25.1. The first-order valence-corrected chi connectivity index (χ1v) is 18.0. The summed E-state index contributed by atoms with van der Waals surface area (Å²) in [5.41, 5.74) is 13.1. The third-order valence-electron chi connectivity index (χ3n) is 11.8. The normalized spacial score (nSPS) is 13.5. The third kappa shape index (κ3) is 3.96. The highest BCUT2D eigenvalue weighted by Gasteiger charge is 2.35. The maximum absolute atomic E-state index is 2.50. The zero-order chi connectivity index (χ0) is 33.8. The minimum atomic E-state index is -0.0727. The Morgan fingerprint density at radius 3 is 1.57 bits per heavy atom. The second-order valence-corrected chi connectivity index (χ2v) is 14.8. The van der Waals surface area contributed by atoms with Crippen LogP contribution in [0.3, 0.4) is 0 Å². The van der Waals surface area contributed by atoms with Crippen molar-refractivity contribution in [2.24, 2.45) is 0 Å². The van der Waals surface area contributed by atoms with Crippen molar-refractivity contribution in [1.82, 2.24) is 0 Å². The molecule has 1 aliphatic rings. The lowest BCUT2D eigenvalue weighted by molar-refractivity contribution is 0.660. The van der Waals surface area contributed by atoms with Gasteiger partial charge in [0.15, 0.2) is 0 Å². The molecule has 0 N–H and O–H groups in total. The molecule has 11 rings (SSSR count). The summed E-state index contributed by atoms with van der Waals surface area (Å²) < 4.78 is 0. The topological polar surface area (TPSA) is 0 Å². The smallest absolute Gasteiger partial charge is 0.0159 e. The number of fused-ring (bicyclic) bond motifs is 5.